The van der Waals surface area contributed by atoms with Crippen molar-refractivity contribution in [2.45, 2.75) is 18.7 Å². The molecule has 2 atom stereocenters. The molecule has 2 fully saturated rings. The number of hydrogen-bond acceptors (Lipinski definition) is 6. The zero-order valence-electron chi connectivity index (χ0n) is 12.7. The first-order chi connectivity index (χ1) is 10.8. The Morgan fingerprint density at radius 2 is 2.14 bits per heavy atom. The van der Waals surface area contributed by atoms with Gasteiger partial charge in [-0.2, -0.15) is 5.10 Å². The summed E-state index contributed by atoms with van der Waals surface area (Å²) in [4.78, 5) is 13.5. The van der Waals surface area contributed by atoms with Gasteiger partial charge in [-0.05, 0) is 6.07 Å². The lowest BCUT2D eigenvalue weighted by Gasteiger charge is -2.36. The van der Waals surface area contributed by atoms with Crippen LogP contribution in [-0.4, -0.2) is 63.0 Å². The summed E-state index contributed by atoms with van der Waals surface area (Å²) >= 11 is 0. The van der Waals surface area contributed by atoms with Gasteiger partial charge in [0.1, 0.15) is 0 Å². The number of aryl methyl sites for hydroxylation is 1. The first-order valence-electron chi connectivity index (χ1n) is 7.65. The lowest BCUT2D eigenvalue weighted by molar-refractivity contribution is 0.0300. The van der Waals surface area contributed by atoms with Gasteiger partial charge in [0.05, 0.1) is 24.9 Å². The molecule has 4 rings (SSSR count). The van der Waals surface area contributed by atoms with E-state index < -0.39 is 0 Å². The molecule has 7 heteroatoms. The van der Waals surface area contributed by atoms with Crippen molar-refractivity contribution in [1.29, 1.82) is 0 Å². The second-order valence-corrected chi connectivity index (χ2v) is 5.94. The quantitative estimate of drug-likeness (QED) is 0.812. The maximum atomic E-state index is 5.97. The van der Waals surface area contributed by atoms with Crippen LogP contribution < -0.4 is 4.90 Å². The molecule has 2 aliphatic rings. The van der Waals surface area contributed by atoms with E-state index in [4.69, 9.17) is 4.74 Å². The molecular weight excluding hydrogens is 280 g/mol. The first kappa shape index (κ1) is 13.7. The summed E-state index contributed by atoms with van der Waals surface area (Å²) in [6.07, 6.45) is 7.83. The fourth-order valence-corrected chi connectivity index (χ4v) is 3.39. The highest BCUT2D eigenvalue weighted by Gasteiger charge is 2.41. The van der Waals surface area contributed by atoms with E-state index in [1.54, 1.807) is 12.4 Å². The Bertz CT molecular complexity index is 630. The van der Waals surface area contributed by atoms with E-state index in [1.807, 2.05) is 24.0 Å². The summed E-state index contributed by atoms with van der Waals surface area (Å²) in [5, 5.41) is 4.24. The predicted molar refractivity (Wildman–Crippen MR) is 81.4 cm³/mol. The molecule has 4 heterocycles. The van der Waals surface area contributed by atoms with Gasteiger partial charge in [-0.1, -0.05) is 0 Å². The zero-order chi connectivity index (χ0) is 14.9. The monoisotopic (exact) mass is 300 g/mol. The Morgan fingerprint density at radius 1 is 1.27 bits per heavy atom. The minimum atomic E-state index is 0.231. The maximum Gasteiger partial charge on any atom is 0.225 e. The second kappa shape index (κ2) is 5.66. The Hall–Kier alpha value is -1.99. The Labute approximate surface area is 129 Å². The van der Waals surface area contributed by atoms with Crippen LogP contribution in [0.5, 0.6) is 0 Å². The molecule has 0 aromatic carbocycles. The van der Waals surface area contributed by atoms with Gasteiger partial charge in [-0.3, -0.25) is 9.58 Å². The SMILES string of the molecule is Cn1cc(CN2C[C@@H]3OCCN(c4ncccn4)[C@@H]3C2)cn1. The van der Waals surface area contributed by atoms with Gasteiger partial charge < -0.3 is 9.64 Å². The van der Waals surface area contributed by atoms with Crippen LogP contribution in [0.3, 0.4) is 0 Å². The molecular formula is C15H20N6O. The number of nitrogens with zero attached hydrogens (tertiary/aromatic N) is 6. The van der Waals surface area contributed by atoms with Crippen molar-refractivity contribution >= 4 is 5.95 Å². The van der Waals surface area contributed by atoms with Crippen LogP contribution in [0.1, 0.15) is 5.56 Å². The smallest absolute Gasteiger partial charge is 0.225 e. The highest BCUT2D eigenvalue weighted by atomic mass is 16.5. The van der Waals surface area contributed by atoms with Gasteiger partial charge in [0.15, 0.2) is 0 Å². The number of anilines is 1. The minimum Gasteiger partial charge on any atom is -0.373 e. The summed E-state index contributed by atoms with van der Waals surface area (Å²) in [6.45, 7) is 4.42. The third-order valence-corrected chi connectivity index (χ3v) is 4.35. The Morgan fingerprint density at radius 3 is 2.91 bits per heavy atom. The normalized spacial score (nSPS) is 25.4. The van der Waals surface area contributed by atoms with E-state index in [9.17, 15) is 0 Å². The fraction of sp³-hybridized carbons (Fsp3) is 0.533. The number of fused-ring (bicyclic) bond motifs is 1. The van der Waals surface area contributed by atoms with Gasteiger partial charge >= 0.3 is 0 Å². The van der Waals surface area contributed by atoms with Crippen molar-refractivity contribution < 1.29 is 4.74 Å². The van der Waals surface area contributed by atoms with Crippen LogP contribution in [0.15, 0.2) is 30.9 Å². The molecule has 0 aliphatic carbocycles. The molecule has 116 valence electrons. The van der Waals surface area contributed by atoms with Crippen LogP contribution in [0.4, 0.5) is 5.95 Å². The molecule has 22 heavy (non-hydrogen) atoms. The summed E-state index contributed by atoms with van der Waals surface area (Å²) < 4.78 is 7.81. The van der Waals surface area contributed by atoms with Crippen LogP contribution in [-0.2, 0) is 18.3 Å². The van der Waals surface area contributed by atoms with Crippen molar-refractivity contribution in [3.8, 4) is 0 Å². The average Bonchev–Trinajstić information content (AvgIpc) is 3.13. The second-order valence-electron chi connectivity index (χ2n) is 5.94. The van der Waals surface area contributed by atoms with E-state index >= 15 is 0 Å². The minimum absolute atomic E-state index is 0.231. The summed E-state index contributed by atoms with van der Waals surface area (Å²) in [6, 6.07) is 2.18. The first-order valence-corrected chi connectivity index (χ1v) is 7.65. The van der Waals surface area contributed by atoms with Gasteiger partial charge in [0.2, 0.25) is 5.95 Å². The van der Waals surface area contributed by atoms with Crippen molar-refractivity contribution in [2.24, 2.45) is 7.05 Å². The molecule has 7 nitrogen and oxygen atoms in total. The van der Waals surface area contributed by atoms with Crippen molar-refractivity contribution in [2.75, 3.05) is 31.1 Å². The number of hydrogen-bond donors (Lipinski definition) is 0. The lowest BCUT2D eigenvalue weighted by Crippen LogP contribution is -2.51. The fourth-order valence-electron chi connectivity index (χ4n) is 3.39. The van der Waals surface area contributed by atoms with Crippen LogP contribution in [0.2, 0.25) is 0 Å². The molecule has 0 bridgehead atoms. The highest BCUT2D eigenvalue weighted by Crippen LogP contribution is 2.26. The molecule has 0 unspecified atom stereocenters. The molecule has 2 aromatic rings. The molecule has 0 radical (unpaired) electrons. The standard InChI is InChI=1S/C15H20N6O/c1-19-8-12(7-18-19)9-20-10-13-14(11-20)22-6-5-21(13)15-16-3-2-4-17-15/h2-4,7-8,13-14H,5-6,9-11H2,1H3/t13-,14+/m1/s1. The summed E-state index contributed by atoms with van der Waals surface area (Å²) in [5.74, 6) is 0.809. The van der Waals surface area contributed by atoms with E-state index in [2.05, 4.69) is 31.1 Å². The van der Waals surface area contributed by atoms with Gasteiger partial charge in [0.25, 0.3) is 0 Å². The molecule has 2 saturated heterocycles. The van der Waals surface area contributed by atoms with E-state index in [0.717, 1.165) is 38.7 Å². The Balaban J connectivity index is 1.48. The highest BCUT2D eigenvalue weighted by molar-refractivity contribution is 5.33. The largest absolute Gasteiger partial charge is 0.373 e. The third-order valence-electron chi connectivity index (χ3n) is 4.35. The summed E-state index contributed by atoms with van der Waals surface area (Å²) in [5.41, 5.74) is 1.24. The number of rotatable bonds is 3. The van der Waals surface area contributed by atoms with E-state index in [0.29, 0.717) is 6.04 Å². The van der Waals surface area contributed by atoms with Crippen LogP contribution in [0, 0.1) is 0 Å². The Kier molecular flexibility index (Phi) is 3.51. The number of ether oxygens (including phenoxy) is 1. The van der Waals surface area contributed by atoms with Gasteiger partial charge in [0, 0.05) is 57.4 Å². The number of morpholine rings is 1. The third kappa shape index (κ3) is 2.57. The topological polar surface area (TPSA) is 59.3 Å². The van der Waals surface area contributed by atoms with E-state index in [-0.39, 0.29) is 6.10 Å². The lowest BCUT2D eigenvalue weighted by atomic mass is 10.1. The van der Waals surface area contributed by atoms with Gasteiger partial charge in [-0.25, -0.2) is 9.97 Å². The predicted octanol–water partition coefficient (Wildman–Crippen LogP) is 0.300. The van der Waals surface area contributed by atoms with Crippen molar-refractivity contribution in [1.82, 2.24) is 24.6 Å². The summed E-state index contributed by atoms with van der Waals surface area (Å²) in [7, 11) is 1.95. The average molecular weight is 300 g/mol. The number of aromatic nitrogens is 4. The molecule has 0 N–H and O–H groups in total. The molecule has 0 spiro atoms. The van der Waals surface area contributed by atoms with E-state index in [1.165, 1.54) is 5.56 Å². The molecule has 0 amide bonds. The van der Waals surface area contributed by atoms with Crippen LogP contribution in [0.25, 0.3) is 0 Å². The van der Waals surface area contributed by atoms with Crippen molar-refractivity contribution in [3.63, 3.8) is 0 Å². The van der Waals surface area contributed by atoms with Crippen LogP contribution >= 0.6 is 0 Å². The molecule has 2 aliphatic heterocycles. The molecule has 0 saturated carbocycles. The maximum absolute atomic E-state index is 5.97. The van der Waals surface area contributed by atoms with Gasteiger partial charge in [-0.15, -0.1) is 0 Å². The molecule has 2 aromatic heterocycles. The number of likely N-dealkylation sites (tertiary alicyclic amines) is 1. The zero-order valence-corrected chi connectivity index (χ0v) is 12.7. The van der Waals surface area contributed by atoms with Crippen molar-refractivity contribution in [3.05, 3.63) is 36.4 Å².